The molecule has 2 atom stereocenters. The highest BCUT2D eigenvalue weighted by Gasteiger charge is 2.32. The van der Waals surface area contributed by atoms with Crippen molar-refractivity contribution in [1.82, 2.24) is 0 Å². The number of nitrogens with two attached hydrogens (primary N) is 1. The fourth-order valence-corrected chi connectivity index (χ4v) is 2.94. The zero-order chi connectivity index (χ0) is 14.1. The number of rotatable bonds is 4. The van der Waals surface area contributed by atoms with Gasteiger partial charge >= 0.3 is 0 Å². The van der Waals surface area contributed by atoms with Crippen molar-refractivity contribution in [2.75, 3.05) is 11.4 Å². The lowest BCUT2D eigenvalue weighted by Gasteiger charge is -2.32. The van der Waals surface area contributed by atoms with Gasteiger partial charge in [0.2, 0.25) is 0 Å². The number of furan rings is 1. The van der Waals surface area contributed by atoms with E-state index in [0.717, 1.165) is 30.8 Å². The van der Waals surface area contributed by atoms with Gasteiger partial charge in [0.15, 0.2) is 0 Å². The van der Waals surface area contributed by atoms with Crippen LogP contribution < -0.4 is 10.6 Å². The first-order valence-electron chi connectivity index (χ1n) is 7.04. The molecule has 2 N–H and O–H groups in total. The molecule has 1 aliphatic rings. The van der Waals surface area contributed by atoms with Gasteiger partial charge in [-0.25, -0.2) is 4.39 Å². The van der Waals surface area contributed by atoms with Crippen LogP contribution in [0.4, 0.5) is 10.1 Å². The van der Waals surface area contributed by atoms with Crippen LogP contribution in [0.25, 0.3) is 0 Å². The molecular formula is C16H19FN2O. The lowest BCUT2D eigenvalue weighted by Crippen LogP contribution is -2.40. The van der Waals surface area contributed by atoms with Crippen LogP contribution in [0.3, 0.4) is 0 Å². The minimum Gasteiger partial charge on any atom is -0.467 e. The SMILES string of the molecule is CCC(N)C(c1ccco1)N1CCc2ccc(F)cc21. The highest BCUT2D eigenvalue weighted by molar-refractivity contribution is 5.59. The van der Waals surface area contributed by atoms with Gasteiger partial charge in [0.05, 0.1) is 6.26 Å². The Bertz CT molecular complexity index is 582. The molecule has 2 aromatic rings. The zero-order valence-electron chi connectivity index (χ0n) is 11.6. The molecule has 3 rings (SSSR count). The molecule has 0 fully saturated rings. The maximum atomic E-state index is 13.5. The lowest BCUT2D eigenvalue weighted by molar-refractivity contribution is 0.400. The summed E-state index contributed by atoms with van der Waals surface area (Å²) in [5, 5.41) is 0. The van der Waals surface area contributed by atoms with Gasteiger partial charge in [0.25, 0.3) is 0 Å². The summed E-state index contributed by atoms with van der Waals surface area (Å²) < 4.78 is 19.1. The molecular weight excluding hydrogens is 255 g/mol. The fourth-order valence-electron chi connectivity index (χ4n) is 2.94. The Morgan fingerprint density at radius 3 is 2.95 bits per heavy atom. The molecule has 20 heavy (non-hydrogen) atoms. The third-order valence-corrected chi connectivity index (χ3v) is 4.03. The number of halogens is 1. The monoisotopic (exact) mass is 274 g/mol. The molecule has 2 heterocycles. The third-order valence-electron chi connectivity index (χ3n) is 4.03. The number of anilines is 1. The molecule has 1 aromatic carbocycles. The van der Waals surface area contributed by atoms with Crippen molar-refractivity contribution in [3.63, 3.8) is 0 Å². The average Bonchev–Trinajstić information content (AvgIpc) is 3.09. The number of fused-ring (bicyclic) bond motifs is 1. The molecule has 0 radical (unpaired) electrons. The van der Waals surface area contributed by atoms with Gasteiger partial charge in [0.1, 0.15) is 17.6 Å². The number of benzene rings is 1. The van der Waals surface area contributed by atoms with Crippen LogP contribution in [-0.2, 0) is 6.42 Å². The summed E-state index contributed by atoms with van der Waals surface area (Å²) in [6, 6.07) is 8.70. The topological polar surface area (TPSA) is 42.4 Å². The first-order chi connectivity index (χ1) is 9.70. The Labute approximate surface area is 118 Å². The summed E-state index contributed by atoms with van der Waals surface area (Å²) in [7, 11) is 0. The van der Waals surface area contributed by atoms with E-state index in [4.69, 9.17) is 10.2 Å². The maximum Gasteiger partial charge on any atom is 0.127 e. The normalized spacial score (nSPS) is 17.1. The molecule has 1 aromatic heterocycles. The minimum atomic E-state index is -0.209. The maximum absolute atomic E-state index is 13.5. The highest BCUT2D eigenvalue weighted by atomic mass is 19.1. The Morgan fingerprint density at radius 1 is 1.40 bits per heavy atom. The van der Waals surface area contributed by atoms with Crippen molar-refractivity contribution in [2.45, 2.75) is 31.8 Å². The van der Waals surface area contributed by atoms with E-state index in [0.29, 0.717) is 0 Å². The summed E-state index contributed by atoms with van der Waals surface area (Å²) in [5.41, 5.74) is 8.40. The molecule has 0 aliphatic carbocycles. The van der Waals surface area contributed by atoms with E-state index in [1.165, 1.54) is 11.6 Å². The molecule has 0 saturated heterocycles. The third kappa shape index (κ3) is 2.20. The molecule has 0 amide bonds. The second-order valence-corrected chi connectivity index (χ2v) is 5.25. The largest absolute Gasteiger partial charge is 0.467 e. The van der Waals surface area contributed by atoms with Gasteiger partial charge in [0, 0.05) is 18.3 Å². The molecule has 4 heteroatoms. The number of hydrogen-bond donors (Lipinski definition) is 1. The summed E-state index contributed by atoms with van der Waals surface area (Å²) in [4.78, 5) is 2.17. The van der Waals surface area contributed by atoms with Gasteiger partial charge in [-0.05, 0) is 42.7 Å². The van der Waals surface area contributed by atoms with Crippen LogP contribution in [0.15, 0.2) is 41.0 Å². The fraction of sp³-hybridized carbons (Fsp3) is 0.375. The molecule has 0 saturated carbocycles. The van der Waals surface area contributed by atoms with Crippen molar-refractivity contribution >= 4 is 5.69 Å². The Kier molecular flexibility index (Phi) is 3.49. The van der Waals surface area contributed by atoms with Gasteiger partial charge < -0.3 is 15.1 Å². The van der Waals surface area contributed by atoms with Gasteiger partial charge in [-0.15, -0.1) is 0 Å². The Hall–Kier alpha value is -1.81. The molecule has 0 bridgehead atoms. The van der Waals surface area contributed by atoms with Crippen LogP contribution >= 0.6 is 0 Å². The van der Waals surface area contributed by atoms with Crippen molar-refractivity contribution in [3.05, 3.63) is 53.7 Å². The van der Waals surface area contributed by atoms with E-state index in [-0.39, 0.29) is 17.9 Å². The van der Waals surface area contributed by atoms with Crippen molar-refractivity contribution < 1.29 is 8.81 Å². The summed E-state index contributed by atoms with van der Waals surface area (Å²) in [6.45, 7) is 2.90. The van der Waals surface area contributed by atoms with E-state index in [1.807, 2.05) is 18.2 Å². The van der Waals surface area contributed by atoms with Gasteiger partial charge in [-0.1, -0.05) is 13.0 Å². The van der Waals surface area contributed by atoms with Crippen LogP contribution in [0.2, 0.25) is 0 Å². The number of nitrogens with zero attached hydrogens (tertiary/aromatic N) is 1. The summed E-state index contributed by atoms with van der Waals surface area (Å²) in [6.07, 6.45) is 3.42. The van der Waals surface area contributed by atoms with E-state index in [9.17, 15) is 4.39 Å². The molecule has 3 nitrogen and oxygen atoms in total. The van der Waals surface area contributed by atoms with Crippen molar-refractivity contribution in [1.29, 1.82) is 0 Å². The summed E-state index contributed by atoms with van der Waals surface area (Å²) in [5.74, 6) is 0.635. The Balaban J connectivity index is 2.00. The molecule has 106 valence electrons. The van der Waals surface area contributed by atoms with E-state index in [2.05, 4.69) is 11.8 Å². The van der Waals surface area contributed by atoms with Crippen molar-refractivity contribution in [2.24, 2.45) is 5.73 Å². The van der Waals surface area contributed by atoms with E-state index >= 15 is 0 Å². The molecule has 0 spiro atoms. The zero-order valence-corrected chi connectivity index (χ0v) is 11.6. The standard InChI is InChI=1S/C16H19FN2O/c1-2-13(18)16(15-4-3-9-20-15)19-8-7-11-5-6-12(17)10-14(11)19/h3-6,9-10,13,16H,2,7-8,18H2,1H3. The number of hydrogen-bond acceptors (Lipinski definition) is 3. The van der Waals surface area contributed by atoms with Crippen molar-refractivity contribution in [3.8, 4) is 0 Å². The van der Waals surface area contributed by atoms with Gasteiger partial charge in [-0.3, -0.25) is 0 Å². The van der Waals surface area contributed by atoms with Crippen LogP contribution in [0.5, 0.6) is 0 Å². The summed E-state index contributed by atoms with van der Waals surface area (Å²) >= 11 is 0. The van der Waals surface area contributed by atoms with E-state index in [1.54, 1.807) is 12.3 Å². The first-order valence-corrected chi connectivity index (χ1v) is 7.04. The van der Waals surface area contributed by atoms with Gasteiger partial charge in [-0.2, -0.15) is 0 Å². The second-order valence-electron chi connectivity index (χ2n) is 5.25. The smallest absolute Gasteiger partial charge is 0.127 e. The average molecular weight is 274 g/mol. The Morgan fingerprint density at radius 2 is 2.25 bits per heavy atom. The highest BCUT2D eigenvalue weighted by Crippen LogP contribution is 2.37. The van der Waals surface area contributed by atoms with E-state index < -0.39 is 0 Å². The predicted octanol–water partition coefficient (Wildman–Crippen LogP) is 3.26. The molecule has 1 aliphatic heterocycles. The van der Waals surface area contributed by atoms with Crippen LogP contribution in [0, 0.1) is 5.82 Å². The lowest BCUT2D eigenvalue weighted by atomic mass is 10.0. The molecule has 2 unspecified atom stereocenters. The van der Waals surface area contributed by atoms with Crippen LogP contribution in [-0.4, -0.2) is 12.6 Å². The second kappa shape index (κ2) is 5.29. The first kappa shape index (κ1) is 13.2. The predicted molar refractivity (Wildman–Crippen MR) is 77.2 cm³/mol. The minimum absolute atomic E-state index is 0.0435. The quantitative estimate of drug-likeness (QED) is 0.930. The van der Waals surface area contributed by atoms with Crippen LogP contribution in [0.1, 0.15) is 30.7 Å².